The predicted octanol–water partition coefficient (Wildman–Crippen LogP) is 5.30. The van der Waals surface area contributed by atoms with Gasteiger partial charge in [0, 0.05) is 34.2 Å². The summed E-state index contributed by atoms with van der Waals surface area (Å²) in [5.41, 5.74) is 3.80. The first kappa shape index (κ1) is 17.4. The number of alkyl halides is 1. The molecule has 1 atom stereocenters. The van der Waals surface area contributed by atoms with Crippen LogP contribution in [0.2, 0.25) is 0 Å². The van der Waals surface area contributed by atoms with Crippen LogP contribution in [0.5, 0.6) is 0 Å². The van der Waals surface area contributed by atoms with E-state index in [1.54, 1.807) is 6.33 Å². The third kappa shape index (κ3) is 2.99. The molecule has 0 aliphatic rings. The lowest BCUT2D eigenvalue weighted by molar-refractivity contribution is 0.503. The minimum absolute atomic E-state index is 0.369. The van der Waals surface area contributed by atoms with Gasteiger partial charge in [-0.25, -0.2) is 9.97 Å². The zero-order valence-corrected chi connectivity index (χ0v) is 17.5. The summed E-state index contributed by atoms with van der Waals surface area (Å²) in [6.45, 7) is 3.94. The highest BCUT2D eigenvalue weighted by Crippen LogP contribution is 2.39. The smallest absolute Gasteiger partial charge is 0.142 e. The van der Waals surface area contributed by atoms with Gasteiger partial charge in [0.05, 0.1) is 11.9 Å². The number of aromatic amines is 1. The second-order valence-corrected chi connectivity index (χ2v) is 8.60. The topological polar surface area (TPSA) is 59.4 Å². The summed E-state index contributed by atoms with van der Waals surface area (Å²) < 4.78 is 2.65. The number of allylic oxidation sites excluding steroid dienone is 1. The third-order valence-corrected chi connectivity index (χ3v) is 6.31. The number of halogens is 2. The minimum atomic E-state index is -0.369. The van der Waals surface area contributed by atoms with Crippen LogP contribution in [-0.4, -0.2) is 24.7 Å². The molecule has 0 radical (unpaired) electrons. The summed E-state index contributed by atoms with van der Waals surface area (Å²) in [5, 5.41) is 5.64. The number of hydrogen-bond donors (Lipinski definition) is 1. The number of H-pyrrole nitrogens is 1. The van der Waals surface area contributed by atoms with Crippen molar-refractivity contribution in [3.8, 4) is 11.3 Å². The molecular formula is C19H15BrIN5. The highest BCUT2D eigenvalue weighted by Gasteiger charge is 2.31. The summed E-state index contributed by atoms with van der Waals surface area (Å²) >= 11 is 6.01. The molecule has 5 nitrogen and oxygen atoms in total. The van der Waals surface area contributed by atoms with E-state index in [4.69, 9.17) is 0 Å². The molecule has 1 N–H and O–H groups in total. The quantitative estimate of drug-likeness (QED) is 0.221. The lowest BCUT2D eigenvalue weighted by atomic mass is 10.0. The Labute approximate surface area is 172 Å². The molecule has 0 saturated heterocycles. The van der Waals surface area contributed by atoms with Crippen LogP contribution >= 0.6 is 38.5 Å². The van der Waals surface area contributed by atoms with Crippen molar-refractivity contribution in [3.63, 3.8) is 0 Å². The average molecular weight is 520 g/mol. The molecule has 0 aliphatic carbocycles. The van der Waals surface area contributed by atoms with Crippen LogP contribution in [0.4, 0.5) is 0 Å². The Morgan fingerprint density at radius 3 is 3.00 bits per heavy atom. The van der Waals surface area contributed by atoms with Crippen molar-refractivity contribution < 1.29 is 0 Å². The van der Waals surface area contributed by atoms with Crippen molar-refractivity contribution in [2.45, 2.75) is 9.97 Å². The molecular weight excluding hydrogens is 505 g/mol. The molecule has 4 aromatic rings. The first-order valence-corrected chi connectivity index (χ1v) is 9.88. The summed E-state index contributed by atoms with van der Waals surface area (Å²) in [7, 11) is 0. The van der Waals surface area contributed by atoms with Gasteiger partial charge in [-0.05, 0) is 46.4 Å². The Balaban J connectivity index is 1.82. The van der Waals surface area contributed by atoms with Crippen molar-refractivity contribution in [2.24, 2.45) is 0 Å². The number of rotatable bonds is 5. The lowest BCUT2D eigenvalue weighted by Crippen LogP contribution is -2.28. The van der Waals surface area contributed by atoms with Crippen molar-refractivity contribution in [3.05, 3.63) is 77.9 Å². The van der Waals surface area contributed by atoms with E-state index in [0.29, 0.717) is 0 Å². The molecule has 130 valence electrons. The van der Waals surface area contributed by atoms with Crippen LogP contribution in [0, 0.1) is 0 Å². The Morgan fingerprint density at radius 2 is 2.19 bits per heavy atom. The lowest BCUT2D eigenvalue weighted by Gasteiger charge is -2.28. The molecule has 0 saturated carbocycles. The fraction of sp³-hybridized carbons (Fsp3) is 0.105. The second-order valence-electron chi connectivity index (χ2n) is 5.90. The molecule has 4 rings (SSSR count). The third-order valence-electron chi connectivity index (χ3n) is 4.25. The number of aromatic nitrogens is 5. The molecule has 26 heavy (non-hydrogen) atoms. The maximum atomic E-state index is 4.66. The average Bonchev–Trinajstić information content (AvgIpc) is 3.31. The molecule has 3 heterocycles. The SMILES string of the molecule is C=CCC(I)(c1cccc(Br)c1)n1cc(-c2ncnc3[nH]ccc23)cn1. The summed E-state index contributed by atoms with van der Waals surface area (Å²) in [6.07, 6.45) is 9.99. The van der Waals surface area contributed by atoms with Crippen LogP contribution in [0.15, 0.2) is 72.4 Å². The van der Waals surface area contributed by atoms with Gasteiger partial charge in [0.2, 0.25) is 0 Å². The van der Waals surface area contributed by atoms with Gasteiger partial charge in [0.1, 0.15) is 15.5 Å². The molecule has 0 fully saturated rings. The fourth-order valence-corrected chi connectivity index (χ4v) is 4.31. The largest absolute Gasteiger partial charge is 0.346 e. The second kappa shape index (κ2) is 6.96. The van der Waals surface area contributed by atoms with E-state index in [1.165, 1.54) is 0 Å². The van der Waals surface area contributed by atoms with E-state index in [0.717, 1.165) is 38.7 Å². The highest BCUT2D eigenvalue weighted by atomic mass is 127. The number of nitrogens with one attached hydrogen (secondary N) is 1. The van der Waals surface area contributed by atoms with Crippen molar-refractivity contribution in [1.29, 1.82) is 0 Å². The number of hydrogen-bond acceptors (Lipinski definition) is 3. The van der Waals surface area contributed by atoms with Gasteiger partial charge in [-0.3, -0.25) is 4.68 Å². The molecule has 0 aliphatic heterocycles. The van der Waals surface area contributed by atoms with Gasteiger partial charge in [0.15, 0.2) is 0 Å². The zero-order chi connectivity index (χ0) is 18.1. The van der Waals surface area contributed by atoms with Crippen LogP contribution in [-0.2, 0) is 3.55 Å². The predicted molar refractivity (Wildman–Crippen MR) is 115 cm³/mol. The minimum Gasteiger partial charge on any atom is -0.346 e. The highest BCUT2D eigenvalue weighted by molar-refractivity contribution is 14.1. The molecule has 1 aromatic carbocycles. The molecule has 0 spiro atoms. The summed E-state index contributed by atoms with van der Waals surface area (Å²) in [6, 6.07) is 10.3. The first-order valence-electron chi connectivity index (χ1n) is 8.01. The maximum Gasteiger partial charge on any atom is 0.142 e. The Bertz CT molecular complexity index is 1090. The van der Waals surface area contributed by atoms with Crippen molar-refractivity contribution >= 4 is 49.6 Å². The standard InChI is InChI=1S/C19H15BrIN5/c1-2-7-19(21,14-4-3-5-15(20)9-14)26-11-13(10-25-26)17-16-6-8-22-18(16)24-12-23-17/h2-6,8-12H,1,7H2,(H,22,23,24). The van der Waals surface area contributed by atoms with E-state index in [-0.39, 0.29) is 3.55 Å². The fourth-order valence-electron chi connectivity index (χ4n) is 3.00. The van der Waals surface area contributed by atoms with Gasteiger partial charge < -0.3 is 4.98 Å². The number of nitrogens with zero attached hydrogens (tertiary/aromatic N) is 4. The van der Waals surface area contributed by atoms with Gasteiger partial charge in [0.25, 0.3) is 0 Å². The van der Waals surface area contributed by atoms with E-state index < -0.39 is 0 Å². The molecule has 0 bridgehead atoms. The van der Waals surface area contributed by atoms with E-state index in [1.807, 2.05) is 47.5 Å². The Kier molecular flexibility index (Phi) is 4.66. The van der Waals surface area contributed by atoms with Crippen molar-refractivity contribution in [2.75, 3.05) is 0 Å². The van der Waals surface area contributed by atoms with E-state index in [9.17, 15) is 0 Å². The van der Waals surface area contributed by atoms with Crippen LogP contribution in [0.1, 0.15) is 12.0 Å². The molecule has 3 aromatic heterocycles. The van der Waals surface area contributed by atoms with Gasteiger partial charge in [-0.15, -0.1) is 6.58 Å². The zero-order valence-electron chi connectivity index (χ0n) is 13.7. The van der Waals surface area contributed by atoms with E-state index in [2.05, 4.69) is 77.3 Å². The van der Waals surface area contributed by atoms with Gasteiger partial charge in [-0.1, -0.05) is 34.1 Å². The van der Waals surface area contributed by atoms with Crippen LogP contribution < -0.4 is 0 Å². The Hall–Kier alpha value is -2.00. The Morgan fingerprint density at radius 1 is 1.31 bits per heavy atom. The van der Waals surface area contributed by atoms with Crippen LogP contribution in [0.3, 0.4) is 0 Å². The molecule has 1 unspecified atom stereocenters. The molecule has 7 heteroatoms. The number of fused-ring (bicyclic) bond motifs is 1. The monoisotopic (exact) mass is 519 g/mol. The van der Waals surface area contributed by atoms with Gasteiger partial charge >= 0.3 is 0 Å². The normalized spacial score (nSPS) is 13.6. The molecule has 0 amide bonds. The first-order chi connectivity index (χ1) is 12.6. The summed E-state index contributed by atoms with van der Waals surface area (Å²) in [5.74, 6) is 0. The maximum absolute atomic E-state index is 4.66. The van der Waals surface area contributed by atoms with Crippen LogP contribution in [0.25, 0.3) is 22.3 Å². The van der Waals surface area contributed by atoms with E-state index >= 15 is 0 Å². The van der Waals surface area contributed by atoms with Crippen molar-refractivity contribution in [1.82, 2.24) is 24.7 Å². The number of benzene rings is 1. The summed E-state index contributed by atoms with van der Waals surface area (Å²) in [4.78, 5) is 11.8. The van der Waals surface area contributed by atoms with Gasteiger partial charge in [-0.2, -0.15) is 5.10 Å².